The number of pyridine rings is 3. The van der Waals surface area contributed by atoms with Crippen LogP contribution in [0, 0.1) is 0 Å². The highest BCUT2D eigenvalue weighted by molar-refractivity contribution is 4.89. The van der Waals surface area contributed by atoms with Crippen molar-refractivity contribution in [3.63, 3.8) is 0 Å². The molecule has 5 heteroatoms. The van der Waals surface area contributed by atoms with E-state index in [4.69, 9.17) is 0 Å². The van der Waals surface area contributed by atoms with Gasteiger partial charge in [-0.15, -0.1) is 0 Å². The molecule has 0 aliphatic heterocycles. The third-order valence-corrected chi connectivity index (χ3v) is 2.18. The van der Waals surface area contributed by atoms with Gasteiger partial charge in [0.15, 0.2) is 0 Å². The molecule has 0 aliphatic carbocycles. The highest BCUT2D eigenvalue weighted by Gasteiger charge is 1.60. The van der Waals surface area contributed by atoms with Crippen LogP contribution in [-0.2, 0) is 0 Å². The van der Waals surface area contributed by atoms with Gasteiger partial charge in [0.2, 0.25) is 0 Å². The lowest BCUT2D eigenvalue weighted by atomic mass is 10.5. The fourth-order valence-corrected chi connectivity index (χ4v) is 1.19. The van der Waals surface area contributed by atoms with E-state index in [9.17, 15) is 0 Å². The van der Waals surface area contributed by atoms with Crippen molar-refractivity contribution in [2.75, 3.05) is 0 Å². The van der Waals surface area contributed by atoms with Gasteiger partial charge < -0.3 is 0 Å². The second-order valence-corrected chi connectivity index (χ2v) is 3.99. The average molecular weight is 317 g/mol. The lowest BCUT2D eigenvalue weighted by molar-refractivity contribution is 1.03. The van der Waals surface area contributed by atoms with E-state index in [1.807, 2.05) is 66.7 Å². The van der Waals surface area contributed by atoms with Crippen LogP contribution in [0.2, 0.25) is 0 Å². The van der Waals surface area contributed by atoms with Gasteiger partial charge in [-0.1, -0.05) is 18.2 Å². The summed E-state index contributed by atoms with van der Waals surface area (Å²) in [5.74, 6) is 0. The average Bonchev–Trinajstić information content (AvgIpc) is 2.75. The molecule has 0 aromatic carbocycles. The van der Waals surface area contributed by atoms with Gasteiger partial charge in [-0.05, 0) is 48.5 Å². The normalized spacial score (nSPS) is 8.00. The smallest absolute Gasteiger partial charge is 0.0496 e. The fraction of sp³-hybridized carbons (Fsp3) is 0. The summed E-state index contributed by atoms with van der Waals surface area (Å²) in [5, 5.41) is 7.07. The van der Waals surface area contributed by atoms with Crippen LogP contribution in [0.5, 0.6) is 0 Å². The first-order chi connectivity index (χ1) is 12.0. The summed E-state index contributed by atoms with van der Waals surface area (Å²) < 4.78 is 0. The quantitative estimate of drug-likeness (QED) is 0.494. The lowest BCUT2D eigenvalue weighted by Crippen LogP contribution is -1.69. The zero-order valence-corrected chi connectivity index (χ0v) is 13.2. The Kier molecular flexibility index (Phi) is 12.3. The summed E-state index contributed by atoms with van der Waals surface area (Å²) in [4.78, 5) is 11.4. The standard InChI is InChI=1S/3C5H5N.C4H4N2/c4*1-2-4-6-5-3-1/h3*1-5H;1-4H. The highest BCUT2D eigenvalue weighted by atomic mass is 15.1. The minimum atomic E-state index is 1.64. The maximum atomic E-state index is 3.78. The maximum Gasteiger partial charge on any atom is 0.0496 e. The Morgan fingerprint density at radius 2 is 0.500 bits per heavy atom. The molecule has 0 fully saturated rings. The minimum absolute atomic E-state index is 1.64. The molecule has 120 valence electrons. The highest BCUT2D eigenvalue weighted by Crippen LogP contribution is 1.75. The Morgan fingerprint density at radius 3 is 0.583 bits per heavy atom. The van der Waals surface area contributed by atoms with Crippen LogP contribution in [0.15, 0.2) is 116 Å². The monoisotopic (exact) mass is 317 g/mol. The Bertz CT molecular complexity index is 432. The molecule has 4 aromatic heterocycles. The number of hydrogen-bond donors (Lipinski definition) is 0. The number of nitrogens with zero attached hydrogens (tertiary/aromatic N) is 5. The van der Waals surface area contributed by atoms with E-state index in [0.717, 1.165) is 0 Å². The number of hydrogen-bond acceptors (Lipinski definition) is 5. The molecule has 4 heterocycles. The lowest BCUT2D eigenvalue weighted by Gasteiger charge is -1.70. The third kappa shape index (κ3) is 13.5. The predicted molar refractivity (Wildman–Crippen MR) is 94.7 cm³/mol. The van der Waals surface area contributed by atoms with Gasteiger partial charge in [-0.3, -0.25) is 15.0 Å². The largest absolute Gasteiger partial charge is 0.265 e. The van der Waals surface area contributed by atoms with Crippen molar-refractivity contribution in [1.82, 2.24) is 25.1 Å². The van der Waals surface area contributed by atoms with Crippen LogP contribution >= 0.6 is 0 Å². The van der Waals surface area contributed by atoms with E-state index >= 15 is 0 Å². The molecule has 0 unspecified atom stereocenters. The SMILES string of the molecule is c1ccncc1.c1ccncc1.c1ccncc1.c1ccnnc1. The first-order valence-electron chi connectivity index (χ1n) is 7.27. The van der Waals surface area contributed by atoms with Gasteiger partial charge in [-0.25, -0.2) is 0 Å². The molecule has 0 atom stereocenters. The fourth-order valence-electron chi connectivity index (χ4n) is 1.19. The summed E-state index contributed by atoms with van der Waals surface area (Å²) in [5.41, 5.74) is 0. The van der Waals surface area contributed by atoms with Gasteiger partial charge in [0, 0.05) is 49.6 Å². The van der Waals surface area contributed by atoms with Crippen LogP contribution < -0.4 is 0 Å². The van der Waals surface area contributed by atoms with Crippen LogP contribution in [0.4, 0.5) is 0 Å². The van der Waals surface area contributed by atoms with Crippen molar-refractivity contribution in [2.24, 2.45) is 0 Å². The second-order valence-electron chi connectivity index (χ2n) is 3.99. The first-order valence-corrected chi connectivity index (χ1v) is 7.27. The molecule has 0 saturated carbocycles. The van der Waals surface area contributed by atoms with Crippen molar-refractivity contribution in [1.29, 1.82) is 0 Å². The van der Waals surface area contributed by atoms with Crippen LogP contribution in [0.1, 0.15) is 0 Å². The van der Waals surface area contributed by atoms with Gasteiger partial charge in [0.25, 0.3) is 0 Å². The van der Waals surface area contributed by atoms with Crippen molar-refractivity contribution < 1.29 is 0 Å². The van der Waals surface area contributed by atoms with Crippen LogP contribution in [-0.4, -0.2) is 25.1 Å². The molecule has 24 heavy (non-hydrogen) atoms. The molecule has 0 spiro atoms. The summed E-state index contributed by atoms with van der Waals surface area (Å²) in [6, 6.07) is 20.8. The Hall–Kier alpha value is -3.47. The molecule has 4 aromatic rings. The van der Waals surface area contributed by atoms with Crippen molar-refractivity contribution in [3.05, 3.63) is 116 Å². The first kappa shape index (κ1) is 18.6. The maximum absolute atomic E-state index is 3.78. The van der Waals surface area contributed by atoms with Gasteiger partial charge in [-0.2, -0.15) is 10.2 Å². The second kappa shape index (κ2) is 15.9. The molecule has 5 nitrogen and oxygen atoms in total. The van der Waals surface area contributed by atoms with Gasteiger partial charge >= 0.3 is 0 Å². The molecule has 0 aliphatic rings. The topological polar surface area (TPSA) is 64.5 Å². The Morgan fingerprint density at radius 1 is 0.250 bits per heavy atom. The van der Waals surface area contributed by atoms with E-state index in [1.54, 1.807) is 49.6 Å². The summed E-state index contributed by atoms with van der Waals surface area (Å²) >= 11 is 0. The molecule has 4 rings (SSSR count). The molecular formula is C19H19N5. The van der Waals surface area contributed by atoms with Crippen LogP contribution in [0.3, 0.4) is 0 Å². The van der Waals surface area contributed by atoms with Crippen molar-refractivity contribution in [3.8, 4) is 0 Å². The molecule has 0 saturated heterocycles. The molecule has 0 N–H and O–H groups in total. The Labute approximate surface area is 142 Å². The Balaban J connectivity index is 0.000000160. The molecule has 0 amide bonds. The van der Waals surface area contributed by atoms with Crippen molar-refractivity contribution >= 4 is 0 Å². The summed E-state index contributed by atoms with van der Waals surface area (Å²) in [6.45, 7) is 0. The molecule has 0 radical (unpaired) electrons. The zero-order valence-electron chi connectivity index (χ0n) is 13.2. The van der Waals surface area contributed by atoms with Gasteiger partial charge in [0.1, 0.15) is 0 Å². The molecule has 0 bridgehead atoms. The van der Waals surface area contributed by atoms with E-state index in [0.29, 0.717) is 0 Å². The van der Waals surface area contributed by atoms with Crippen LogP contribution in [0.25, 0.3) is 0 Å². The third-order valence-electron chi connectivity index (χ3n) is 2.18. The van der Waals surface area contributed by atoms with E-state index in [2.05, 4.69) is 25.1 Å². The van der Waals surface area contributed by atoms with E-state index in [1.165, 1.54) is 0 Å². The summed E-state index contributed by atoms with van der Waals surface area (Å²) in [7, 11) is 0. The van der Waals surface area contributed by atoms with E-state index < -0.39 is 0 Å². The minimum Gasteiger partial charge on any atom is -0.265 e. The zero-order chi connectivity index (χ0) is 17.0. The summed E-state index contributed by atoms with van der Waals surface area (Å²) in [6.07, 6.45) is 13.8. The molecular weight excluding hydrogens is 298 g/mol. The number of aromatic nitrogens is 5. The van der Waals surface area contributed by atoms with E-state index in [-0.39, 0.29) is 0 Å². The number of rotatable bonds is 0. The van der Waals surface area contributed by atoms with Crippen molar-refractivity contribution in [2.45, 2.75) is 0 Å². The predicted octanol–water partition coefficient (Wildman–Crippen LogP) is 3.72. The van der Waals surface area contributed by atoms with Gasteiger partial charge in [0.05, 0.1) is 0 Å².